The van der Waals surface area contributed by atoms with Gasteiger partial charge in [0.15, 0.2) is 0 Å². The molecule has 1 N–H and O–H groups in total. The number of alkyl halides is 3. The topological polar surface area (TPSA) is 38.3 Å². The summed E-state index contributed by atoms with van der Waals surface area (Å²) in [5, 5.41) is 3.21. The number of rotatable bonds is 2. The molecular formula is C16H22F3NO2. The first-order valence-corrected chi connectivity index (χ1v) is 7.40. The molecule has 124 valence electrons. The molecule has 0 saturated carbocycles. The van der Waals surface area contributed by atoms with E-state index in [0.717, 1.165) is 17.7 Å². The van der Waals surface area contributed by atoms with Crippen LogP contribution in [-0.2, 0) is 15.7 Å². The molecule has 1 saturated heterocycles. The van der Waals surface area contributed by atoms with Gasteiger partial charge in [0.25, 0.3) is 0 Å². The summed E-state index contributed by atoms with van der Waals surface area (Å²) in [6, 6.07) is 4.94. The molecular weight excluding hydrogens is 295 g/mol. The Hall–Kier alpha value is -1.56. The fraction of sp³-hybridized carbons (Fsp3) is 0.562. The van der Waals surface area contributed by atoms with E-state index in [2.05, 4.69) is 5.32 Å². The minimum absolute atomic E-state index is 0.116. The summed E-state index contributed by atoms with van der Waals surface area (Å²) in [4.78, 5) is 11.5. The van der Waals surface area contributed by atoms with Gasteiger partial charge >= 0.3 is 12.1 Å². The van der Waals surface area contributed by atoms with Crippen LogP contribution in [0.4, 0.5) is 13.2 Å². The van der Waals surface area contributed by atoms with Gasteiger partial charge in [0.2, 0.25) is 0 Å². The molecule has 22 heavy (non-hydrogen) atoms. The van der Waals surface area contributed by atoms with Crippen molar-refractivity contribution in [2.24, 2.45) is 5.92 Å². The van der Waals surface area contributed by atoms with Crippen LogP contribution in [-0.4, -0.2) is 19.6 Å². The fourth-order valence-corrected chi connectivity index (χ4v) is 2.46. The molecule has 0 amide bonds. The summed E-state index contributed by atoms with van der Waals surface area (Å²) in [6.45, 7) is 4.64. The molecule has 2 atom stereocenters. The summed E-state index contributed by atoms with van der Waals surface area (Å²) in [5.74, 6) is -0.461. The second-order valence-corrected chi connectivity index (χ2v) is 4.87. The van der Waals surface area contributed by atoms with E-state index in [-0.39, 0.29) is 17.9 Å². The Morgan fingerprint density at radius 2 is 1.82 bits per heavy atom. The predicted molar refractivity (Wildman–Crippen MR) is 78.3 cm³/mol. The zero-order valence-electron chi connectivity index (χ0n) is 13.0. The summed E-state index contributed by atoms with van der Waals surface area (Å²) < 4.78 is 42.2. The summed E-state index contributed by atoms with van der Waals surface area (Å²) in [7, 11) is 1.34. The number of hydrogen-bond donors (Lipinski definition) is 1. The van der Waals surface area contributed by atoms with E-state index in [1.807, 2.05) is 13.8 Å². The lowest BCUT2D eigenvalue weighted by atomic mass is 9.88. The molecule has 1 fully saturated rings. The van der Waals surface area contributed by atoms with Crippen LogP contribution in [0.15, 0.2) is 24.3 Å². The molecule has 3 nitrogen and oxygen atoms in total. The van der Waals surface area contributed by atoms with Gasteiger partial charge in [0.05, 0.1) is 18.6 Å². The minimum Gasteiger partial charge on any atom is -0.469 e. The minimum atomic E-state index is -4.33. The molecule has 1 aliphatic rings. The van der Waals surface area contributed by atoms with Crippen molar-refractivity contribution in [3.63, 3.8) is 0 Å². The van der Waals surface area contributed by atoms with Crippen LogP contribution in [0.1, 0.15) is 43.9 Å². The molecule has 1 aromatic rings. The van der Waals surface area contributed by atoms with E-state index in [4.69, 9.17) is 4.74 Å². The number of esters is 1. The molecule has 1 heterocycles. The van der Waals surface area contributed by atoms with Gasteiger partial charge in [0, 0.05) is 6.04 Å². The molecule has 0 radical (unpaired) electrons. The first kappa shape index (κ1) is 18.5. The van der Waals surface area contributed by atoms with E-state index >= 15 is 0 Å². The maximum Gasteiger partial charge on any atom is 0.416 e. The number of piperidine rings is 1. The largest absolute Gasteiger partial charge is 0.469 e. The number of carbonyl (C=O) groups is 1. The third-order valence-electron chi connectivity index (χ3n) is 3.58. The molecule has 1 aromatic carbocycles. The Morgan fingerprint density at radius 1 is 1.23 bits per heavy atom. The maximum absolute atomic E-state index is 12.5. The number of benzene rings is 1. The normalized spacial score (nSPS) is 21.5. The SMILES string of the molecule is CC.COC(=O)C1CCNC(c2ccc(C(F)(F)F)cc2)C1. The zero-order chi connectivity index (χ0) is 16.8. The summed E-state index contributed by atoms with van der Waals surface area (Å²) >= 11 is 0. The average molecular weight is 317 g/mol. The molecule has 1 aliphatic heterocycles. The monoisotopic (exact) mass is 317 g/mol. The first-order chi connectivity index (χ1) is 10.4. The van der Waals surface area contributed by atoms with E-state index in [0.29, 0.717) is 19.4 Å². The number of nitrogens with one attached hydrogen (secondary N) is 1. The van der Waals surface area contributed by atoms with Crippen LogP contribution in [0.2, 0.25) is 0 Å². The highest BCUT2D eigenvalue weighted by atomic mass is 19.4. The van der Waals surface area contributed by atoms with Gasteiger partial charge in [-0.25, -0.2) is 0 Å². The highest BCUT2D eigenvalue weighted by molar-refractivity contribution is 5.72. The van der Waals surface area contributed by atoms with E-state index in [1.165, 1.54) is 19.2 Å². The third-order valence-corrected chi connectivity index (χ3v) is 3.58. The molecule has 0 aliphatic carbocycles. The second-order valence-electron chi connectivity index (χ2n) is 4.87. The van der Waals surface area contributed by atoms with Crippen molar-refractivity contribution in [3.8, 4) is 0 Å². The van der Waals surface area contributed by atoms with Crippen molar-refractivity contribution in [2.45, 2.75) is 38.9 Å². The van der Waals surface area contributed by atoms with Gasteiger partial charge in [-0.1, -0.05) is 26.0 Å². The molecule has 0 bridgehead atoms. The van der Waals surface area contributed by atoms with Gasteiger partial charge in [0.1, 0.15) is 0 Å². The highest BCUT2D eigenvalue weighted by Gasteiger charge is 2.31. The van der Waals surface area contributed by atoms with Gasteiger partial charge in [-0.3, -0.25) is 4.79 Å². The number of carbonyl (C=O) groups excluding carboxylic acids is 1. The lowest BCUT2D eigenvalue weighted by Gasteiger charge is -2.29. The lowest BCUT2D eigenvalue weighted by Crippen LogP contribution is -2.35. The third kappa shape index (κ3) is 4.73. The fourth-order valence-electron chi connectivity index (χ4n) is 2.46. The van der Waals surface area contributed by atoms with Crippen molar-refractivity contribution in [3.05, 3.63) is 35.4 Å². The van der Waals surface area contributed by atoms with Crippen molar-refractivity contribution >= 4 is 5.97 Å². The standard InChI is InChI=1S/C14H16F3NO2.C2H6/c1-20-13(19)10-6-7-18-12(8-10)9-2-4-11(5-3-9)14(15,16)17;1-2/h2-5,10,12,18H,6-8H2,1H3;1-2H3. The summed E-state index contributed by atoms with van der Waals surface area (Å²) in [5.41, 5.74) is 0.0909. The number of halogens is 3. The van der Waals surface area contributed by atoms with Gasteiger partial charge in [-0.15, -0.1) is 0 Å². The second kappa shape index (κ2) is 8.17. The highest BCUT2D eigenvalue weighted by Crippen LogP contribution is 2.32. The van der Waals surface area contributed by atoms with E-state index in [1.54, 1.807) is 0 Å². The molecule has 0 spiro atoms. The van der Waals surface area contributed by atoms with Crippen LogP contribution in [0, 0.1) is 5.92 Å². The van der Waals surface area contributed by atoms with Crippen LogP contribution >= 0.6 is 0 Å². The number of ether oxygens (including phenoxy) is 1. The molecule has 2 rings (SSSR count). The zero-order valence-corrected chi connectivity index (χ0v) is 13.0. The van der Waals surface area contributed by atoms with E-state index < -0.39 is 11.7 Å². The Labute approximate surface area is 128 Å². The van der Waals surface area contributed by atoms with Crippen LogP contribution in [0.25, 0.3) is 0 Å². The molecule has 2 unspecified atom stereocenters. The Kier molecular flexibility index (Phi) is 6.87. The van der Waals surface area contributed by atoms with Crippen molar-refractivity contribution < 1.29 is 22.7 Å². The molecule has 0 aromatic heterocycles. The number of methoxy groups -OCH3 is 1. The predicted octanol–water partition coefficient (Wildman–Crippen LogP) is 3.95. The maximum atomic E-state index is 12.5. The average Bonchev–Trinajstić information content (AvgIpc) is 2.55. The Bertz CT molecular complexity index is 471. The molecule has 6 heteroatoms. The van der Waals surface area contributed by atoms with Crippen LogP contribution < -0.4 is 5.32 Å². The van der Waals surface area contributed by atoms with E-state index in [9.17, 15) is 18.0 Å². The Balaban J connectivity index is 0.00000116. The first-order valence-electron chi connectivity index (χ1n) is 7.40. The van der Waals surface area contributed by atoms with Crippen molar-refractivity contribution in [1.82, 2.24) is 5.32 Å². The number of hydrogen-bond acceptors (Lipinski definition) is 3. The quantitative estimate of drug-likeness (QED) is 0.840. The lowest BCUT2D eigenvalue weighted by molar-refractivity contribution is -0.146. The van der Waals surface area contributed by atoms with Gasteiger partial charge in [-0.2, -0.15) is 13.2 Å². The Morgan fingerprint density at radius 3 is 2.32 bits per heavy atom. The van der Waals surface area contributed by atoms with Crippen LogP contribution in [0.5, 0.6) is 0 Å². The summed E-state index contributed by atoms with van der Waals surface area (Å²) in [6.07, 6.45) is -3.10. The smallest absolute Gasteiger partial charge is 0.416 e. The van der Waals surface area contributed by atoms with Crippen molar-refractivity contribution in [2.75, 3.05) is 13.7 Å². The van der Waals surface area contributed by atoms with Gasteiger partial charge in [-0.05, 0) is 37.1 Å². The van der Waals surface area contributed by atoms with Crippen LogP contribution in [0.3, 0.4) is 0 Å². The van der Waals surface area contributed by atoms with Crippen molar-refractivity contribution in [1.29, 1.82) is 0 Å². The van der Waals surface area contributed by atoms with Gasteiger partial charge < -0.3 is 10.1 Å².